The van der Waals surface area contributed by atoms with Crippen molar-refractivity contribution in [1.82, 2.24) is 9.80 Å². The first-order valence-corrected chi connectivity index (χ1v) is 17.2. The van der Waals surface area contributed by atoms with E-state index in [1.807, 2.05) is 0 Å². The van der Waals surface area contributed by atoms with Gasteiger partial charge in [0.2, 0.25) is 10.2 Å². The topological polar surface area (TPSA) is 65.3 Å². The van der Waals surface area contributed by atoms with E-state index in [4.69, 9.17) is 9.98 Å². The van der Waals surface area contributed by atoms with E-state index < -0.39 is 0 Å². The second kappa shape index (κ2) is 12.5. The lowest BCUT2D eigenvalue weighted by atomic mass is 9.93. The third kappa shape index (κ3) is 5.77. The van der Waals surface area contributed by atoms with Gasteiger partial charge in [0.1, 0.15) is 11.4 Å². The maximum Gasteiger partial charge on any atom is 0.245 e. The van der Waals surface area contributed by atoms with Crippen LogP contribution in [0.15, 0.2) is 21.4 Å². The third-order valence-corrected chi connectivity index (χ3v) is 11.2. The van der Waals surface area contributed by atoms with Crippen molar-refractivity contribution in [2.45, 2.75) is 153 Å². The van der Waals surface area contributed by atoms with E-state index in [1.165, 1.54) is 101 Å². The predicted octanol–water partition coefficient (Wildman–Crippen LogP) is 7.39. The standard InChI is InChI=1S/C30H44N4O2S2/c35-27-25(33(23-17-9-3-10-18-23)29(37-27)31-21-13-5-1-6-14-21)26-28(36)38-30(32-22-15-7-2-8-16-22)34(26)24-19-11-4-12-20-24/h21-24H,1-20H2/b26-25+,31-29?,32-30?. The highest BCUT2D eigenvalue weighted by molar-refractivity contribution is 8.28. The normalized spacial score (nSPS) is 31.9. The molecule has 2 aliphatic heterocycles. The number of carbonyl (C=O) groups excluding carboxylic acids is 2. The van der Waals surface area contributed by atoms with Gasteiger partial charge in [0.25, 0.3) is 0 Å². The lowest BCUT2D eigenvalue weighted by molar-refractivity contribution is -0.111. The molecule has 4 aliphatic carbocycles. The average molecular weight is 557 g/mol. The Morgan fingerprint density at radius 1 is 0.474 bits per heavy atom. The predicted molar refractivity (Wildman–Crippen MR) is 158 cm³/mol. The van der Waals surface area contributed by atoms with Gasteiger partial charge in [-0.05, 0) is 74.9 Å². The van der Waals surface area contributed by atoms with E-state index in [2.05, 4.69) is 9.80 Å². The highest BCUT2D eigenvalue weighted by Gasteiger charge is 2.48. The summed E-state index contributed by atoms with van der Waals surface area (Å²) in [6.45, 7) is 0. The molecule has 6 aliphatic rings. The molecular weight excluding hydrogens is 512 g/mol. The Bertz CT molecular complexity index is 906. The fourth-order valence-corrected chi connectivity index (χ4v) is 9.43. The number of nitrogens with zero attached hydrogens (tertiary/aromatic N) is 4. The fourth-order valence-electron chi connectivity index (χ4n) is 7.44. The van der Waals surface area contributed by atoms with Crippen LogP contribution in [0.3, 0.4) is 0 Å². The van der Waals surface area contributed by atoms with Gasteiger partial charge in [0.15, 0.2) is 10.3 Å². The van der Waals surface area contributed by atoms with Crippen molar-refractivity contribution < 1.29 is 9.59 Å². The van der Waals surface area contributed by atoms with Gasteiger partial charge in [-0.1, -0.05) is 77.0 Å². The molecule has 0 aromatic carbocycles. The molecule has 6 nitrogen and oxygen atoms in total. The number of amidine groups is 2. The molecule has 0 unspecified atom stereocenters. The van der Waals surface area contributed by atoms with Crippen LogP contribution in [0.1, 0.15) is 128 Å². The van der Waals surface area contributed by atoms with Crippen molar-refractivity contribution in [2.24, 2.45) is 9.98 Å². The van der Waals surface area contributed by atoms with Gasteiger partial charge in [-0.15, -0.1) is 0 Å². The quantitative estimate of drug-likeness (QED) is 0.336. The molecule has 208 valence electrons. The molecule has 0 radical (unpaired) electrons. The molecule has 38 heavy (non-hydrogen) atoms. The largest absolute Gasteiger partial charge is 0.312 e. The van der Waals surface area contributed by atoms with Crippen LogP contribution in [0.4, 0.5) is 0 Å². The molecule has 0 amide bonds. The first-order chi connectivity index (χ1) is 18.7. The van der Waals surface area contributed by atoms with Gasteiger partial charge < -0.3 is 9.80 Å². The summed E-state index contributed by atoms with van der Waals surface area (Å²) in [5.74, 6) is 0. The molecule has 0 spiro atoms. The summed E-state index contributed by atoms with van der Waals surface area (Å²) >= 11 is 2.59. The zero-order chi connectivity index (χ0) is 25.9. The van der Waals surface area contributed by atoms with E-state index in [0.717, 1.165) is 61.7 Å². The molecule has 0 aromatic rings. The van der Waals surface area contributed by atoms with Crippen molar-refractivity contribution >= 4 is 44.1 Å². The van der Waals surface area contributed by atoms with E-state index >= 15 is 0 Å². The second-order valence-corrected chi connectivity index (χ2v) is 14.1. The Hall–Kier alpha value is -1.28. The van der Waals surface area contributed by atoms with Crippen LogP contribution in [0.5, 0.6) is 0 Å². The number of rotatable bonds is 4. The third-order valence-electron chi connectivity index (χ3n) is 9.49. The van der Waals surface area contributed by atoms with Crippen molar-refractivity contribution in [3.8, 4) is 0 Å². The molecule has 4 saturated carbocycles. The van der Waals surface area contributed by atoms with Gasteiger partial charge in [-0.25, -0.2) is 0 Å². The lowest BCUT2D eigenvalue weighted by Gasteiger charge is -2.37. The van der Waals surface area contributed by atoms with Crippen molar-refractivity contribution in [3.63, 3.8) is 0 Å². The van der Waals surface area contributed by atoms with Crippen molar-refractivity contribution in [2.75, 3.05) is 0 Å². The van der Waals surface area contributed by atoms with Gasteiger partial charge in [-0.3, -0.25) is 19.6 Å². The molecule has 6 fully saturated rings. The molecule has 8 heteroatoms. The summed E-state index contributed by atoms with van der Waals surface area (Å²) in [7, 11) is 0. The second-order valence-electron chi connectivity index (χ2n) is 12.2. The van der Waals surface area contributed by atoms with Crippen LogP contribution in [0.2, 0.25) is 0 Å². The summed E-state index contributed by atoms with van der Waals surface area (Å²) in [4.78, 5) is 42.7. The van der Waals surface area contributed by atoms with Gasteiger partial charge >= 0.3 is 0 Å². The Kier molecular flexibility index (Phi) is 8.85. The van der Waals surface area contributed by atoms with Gasteiger partial charge in [0.05, 0.1) is 12.1 Å². The van der Waals surface area contributed by atoms with Crippen LogP contribution < -0.4 is 0 Å². The summed E-state index contributed by atoms with van der Waals surface area (Å²) in [6, 6.07) is 1.14. The summed E-state index contributed by atoms with van der Waals surface area (Å²) in [5.41, 5.74) is 1.27. The van der Waals surface area contributed by atoms with Gasteiger partial charge in [-0.2, -0.15) is 0 Å². The molecule has 0 bridgehead atoms. The Morgan fingerprint density at radius 3 is 1.13 bits per heavy atom. The Morgan fingerprint density at radius 2 is 0.789 bits per heavy atom. The number of thioether (sulfide) groups is 2. The minimum atomic E-state index is 0.0220. The fraction of sp³-hybridized carbons (Fsp3) is 0.800. The average Bonchev–Trinajstić information content (AvgIpc) is 3.45. The molecule has 0 aromatic heterocycles. The zero-order valence-electron chi connectivity index (χ0n) is 22.9. The molecule has 2 heterocycles. The monoisotopic (exact) mass is 556 g/mol. The summed E-state index contributed by atoms with van der Waals surface area (Å²) < 4.78 is 0. The first kappa shape index (κ1) is 26.9. The molecule has 6 rings (SSSR count). The Balaban J connectivity index is 1.42. The van der Waals surface area contributed by atoms with E-state index in [1.54, 1.807) is 0 Å². The summed E-state index contributed by atoms with van der Waals surface area (Å²) in [6.07, 6.45) is 23.5. The number of aliphatic imine (C=N–C) groups is 2. The molecule has 0 N–H and O–H groups in total. The molecule has 2 saturated heterocycles. The van der Waals surface area contributed by atoms with Gasteiger partial charge in [0, 0.05) is 12.1 Å². The van der Waals surface area contributed by atoms with Crippen LogP contribution >= 0.6 is 23.5 Å². The highest BCUT2D eigenvalue weighted by atomic mass is 32.2. The van der Waals surface area contributed by atoms with Crippen LogP contribution in [0.25, 0.3) is 0 Å². The van der Waals surface area contributed by atoms with Crippen LogP contribution in [0, 0.1) is 0 Å². The minimum absolute atomic E-state index is 0.0220. The number of carbonyl (C=O) groups is 2. The van der Waals surface area contributed by atoms with Crippen molar-refractivity contribution in [3.05, 3.63) is 11.4 Å². The molecule has 0 atom stereocenters. The molecular formula is C30H44N4O2S2. The minimum Gasteiger partial charge on any atom is -0.312 e. The van der Waals surface area contributed by atoms with E-state index in [-0.39, 0.29) is 22.3 Å². The van der Waals surface area contributed by atoms with E-state index in [0.29, 0.717) is 23.5 Å². The highest BCUT2D eigenvalue weighted by Crippen LogP contribution is 2.45. The maximum absolute atomic E-state index is 13.9. The maximum atomic E-state index is 13.9. The Labute approximate surface area is 236 Å². The van der Waals surface area contributed by atoms with E-state index in [9.17, 15) is 9.59 Å². The first-order valence-electron chi connectivity index (χ1n) is 15.6. The SMILES string of the molecule is O=C1SC(=NC2CCCCC2)N(C2CCCCC2)/C1=C1\C(=O)SC(=NC2CCCCC2)N1C1CCCCC1. The lowest BCUT2D eigenvalue weighted by Crippen LogP contribution is -2.42. The zero-order valence-corrected chi connectivity index (χ0v) is 24.5. The number of hydrogen-bond acceptors (Lipinski definition) is 6. The number of hydrogen-bond donors (Lipinski definition) is 0. The summed E-state index contributed by atoms with van der Waals surface area (Å²) in [5, 5.41) is 1.79. The van der Waals surface area contributed by atoms with Crippen LogP contribution in [-0.2, 0) is 9.59 Å². The van der Waals surface area contributed by atoms with Crippen LogP contribution in [-0.4, -0.2) is 54.5 Å². The van der Waals surface area contributed by atoms with Crippen molar-refractivity contribution in [1.29, 1.82) is 0 Å². The smallest absolute Gasteiger partial charge is 0.245 e.